The summed E-state index contributed by atoms with van der Waals surface area (Å²) in [6, 6.07) is 20.4. The van der Waals surface area contributed by atoms with Crippen LogP contribution < -0.4 is 10.0 Å². The molecular formula is C26H21ClN4O4S3. The molecule has 8 nitrogen and oxygen atoms in total. The Balaban J connectivity index is 1.23. The van der Waals surface area contributed by atoms with Gasteiger partial charge in [-0.15, -0.1) is 23.1 Å². The average molecular weight is 585 g/mol. The molecule has 5 rings (SSSR count). The van der Waals surface area contributed by atoms with Crippen molar-refractivity contribution in [2.75, 3.05) is 15.8 Å². The summed E-state index contributed by atoms with van der Waals surface area (Å²) in [6.45, 7) is 0.473. The van der Waals surface area contributed by atoms with Crippen LogP contribution >= 0.6 is 34.7 Å². The first-order chi connectivity index (χ1) is 18.3. The number of benzene rings is 3. The van der Waals surface area contributed by atoms with Crippen LogP contribution in [0.3, 0.4) is 0 Å². The number of carbonyl (C=O) groups excluding carboxylic acids is 2. The number of thiazole rings is 1. The fourth-order valence-electron chi connectivity index (χ4n) is 3.86. The Hall–Kier alpha value is -3.38. The maximum absolute atomic E-state index is 12.8. The van der Waals surface area contributed by atoms with Crippen molar-refractivity contribution >= 4 is 67.4 Å². The minimum absolute atomic E-state index is 0.0572. The zero-order valence-electron chi connectivity index (χ0n) is 19.7. The predicted molar refractivity (Wildman–Crippen MR) is 151 cm³/mol. The van der Waals surface area contributed by atoms with Crippen molar-refractivity contribution in [2.24, 2.45) is 0 Å². The molecule has 38 heavy (non-hydrogen) atoms. The first-order valence-corrected chi connectivity index (χ1v) is 15.2. The van der Waals surface area contributed by atoms with Gasteiger partial charge in [0.2, 0.25) is 5.91 Å². The molecule has 0 unspecified atom stereocenters. The Morgan fingerprint density at radius 2 is 1.74 bits per heavy atom. The molecule has 0 spiro atoms. The number of anilines is 2. The molecule has 1 atom stereocenters. The minimum Gasteiger partial charge on any atom is -0.322 e. The van der Waals surface area contributed by atoms with Gasteiger partial charge in [0, 0.05) is 34.4 Å². The van der Waals surface area contributed by atoms with Crippen molar-refractivity contribution in [3.63, 3.8) is 0 Å². The van der Waals surface area contributed by atoms with Crippen molar-refractivity contribution in [3.05, 3.63) is 106 Å². The minimum atomic E-state index is -3.77. The first kappa shape index (κ1) is 26.2. The van der Waals surface area contributed by atoms with Gasteiger partial charge in [-0.2, -0.15) is 0 Å². The summed E-state index contributed by atoms with van der Waals surface area (Å²) >= 11 is 8.70. The molecular weight excluding hydrogens is 564 g/mol. The lowest BCUT2D eigenvalue weighted by molar-refractivity contribution is -0.128. The third-order valence-electron chi connectivity index (χ3n) is 5.77. The first-order valence-electron chi connectivity index (χ1n) is 11.4. The van der Waals surface area contributed by atoms with Gasteiger partial charge in [-0.05, 0) is 59.7 Å². The number of hydrogen-bond acceptors (Lipinski definition) is 7. The van der Waals surface area contributed by atoms with Crippen LogP contribution in [0.25, 0.3) is 0 Å². The Morgan fingerprint density at radius 1 is 1.03 bits per heavy atom. The quantitative estimate of drug-likeness (QED) is 0.278. The third-order valence-corrected chi connectivity index (χ3v) is 9.45. The largest absolute Gasteiger partial charge is 0.322 e. The van der Waals surface area contributed by atoms with Gasteiger partial charge < -0.3 is 10.2 Å². The maximum atomic E-state index is 12.8. The number of hydrogen-bond donors (Lipinski definition) is 2. The van der Waals surface area contributed by atoms with Gasteiger partial charge in [-0.3, -0.25) is 14.3 Å². The van der Waals surface area contributed by atoms with Crippen LogP contribution in [0.4, 0.5) is 10.8 Å². The molecule has 2 heterocycles. The number of nitrogens with one attached hydrogen (secondary N) is 2. The highest BCUT2D eigenvalue weighted by Crippen LogP contribution is 2.39. The van der Waals surface area contributed by atoms with Crippen LogP contribution in [-0.2, 0) is 21.4 Å². The van der Waals surface area contributed by atoms with Gasteiger partial charge in [0.25, 0.3) is 15.9 Å². The van der Waals surface area contributed by atoms with E-state index in [1.165, 1.54) is 41.8 Å². The van der Waals surface area contributed by atoms with E-state index in [2.05, 4.69) is 15.0 Å². The van der Waals surface area contributed by atoms with Crippen molar-refractivity contribution in [2.45, 2.75) is 16.8 Å². The summed E-state index contributed by atoms with van der Waals surface area (Å²) in [5, 5.41) is 5.22. The van der Waals surface area contributed by atoms with Gasteiger partial charge in [-0.1, -0.05) is 35.9 Å². The second-order valence-electron chi connectivity index (χ2n) is 8.35. The van der Waals surface area contributed by atoms with Gasteiger partial charge in [0.05, 0.1) is 10.6 Å². The van der Waals surface area contributed by atoms with E-state index in [4.69, 9.17) is 11.6 Å². The monoisotopic (exact) mass is 584 g/mol. The molecule has 1 fully saturated rings. The van der Waals surface area contributed by atoms with Crippen molar-refractivity contribution in [1.29, 1.82) is 0 Å². The lowest BCUT2D eigenvalue weighted by atomic mass is 10.1. The molecule has 2 amide bonds. The fraction of sp³-hybridized carbons (Fsp3) is 0.115. The van der Waals surface area contributed by atoms with Gasteiger partial charge in [0.15, 0.2) is 5.13 Å². The molecule has 1 aromatic heterocycles. The van der Waals surface area contributed by atoms with Crippen molar-refractivity contribution in [1.82, 2.24) is 9.88 Å². The van der Waals surface area contributed by atoms with Crippen LogP contribution in [0.2, 0.25) is 5.02 Å². The summed E-state index contributed by atoms with van der Waals surface area (Å²) in [7, 11) is -3.77. The normalized spacial score (nSPS) is 15.4. The van der Waals surface area contributed by atoms with Crippen LogP contribution in [0.5, 0.6) is 0 Å². The second kappa shape index (κ2) is 11.2. The van der Waals surface area contributed by atoms with E-state index < -0.39 is 10.0 Å². The number of halogens is 1. The third kappa shape index (κ3) is 6.02. The Labute approximate surface area is 233 Å². The summed E-state index contributed by atoms with van der Waals surface area (Å²) < 4.78 is 27.4. The highest BCUT2D eigenvalue weighted by atomic mass is 35.5. The topological polar surface area (TPSA) is 108 Å². The number of thioether (sulfide) groups is 1. The van der Waals surface area contributed by atoms with E-state index in [0.717, 1.165) is 11.1 Å². The zero-order chi connectivity index (χ0) is 26.7. The number of nitrogens with zero attached hydrogens (tertiary/aromatic N) is 2. The summed E-state index contributed by atoms with van der Waals surface area (Å²) in [4.78, 5) is 31.1. The smallest absolute Gasteiger partial charge is 0.263 e. The fourth-order valence-corrected chi connectivity index (χ4v) is 6.96. The highest BCUT2D eigenvalue weighted by molar-refractivity contribution is 8.00. The molecule has 4 aromatic rings. The molecule has 1 saturated heterocycles. The number of rotatable bonds is 8. The van der Waals surface area contributed by atoms with E-state index in [0.29, 0.717) is 28.6 Å². The Morgan fingerprint density at radius 3 is 2.39 bits per heavy atom. The van der Waals surface area contributed by atoms with Crippen LogP contribution in [0.1, 0.15) is 26.9 Å². The van der Waals surface area contributed by atoms with Crippen molar-refractivity contribution in [3.8, 4) is 0 Å². The van der Waals surface area contributed by atoms with E-state index in [9.17, 15) is 18.0 Å². The standard InChI is InChI=1S/C26H21ClN4O4S3/c27-20-7-1-17(2-8-20)15-31-23(32)16-37-25(31)19-5-3-18(4-6-19)24(33)29-21-9-11-22(12-10-21)38(34,35)30-26-28-13-14-36-26/h1-14,25H,15-16H2,(H,28,30)(H,29,33)/t25-/m0/s1. The summed E-state index contributed by atoms with van der Waals surface area (Å²) in [6.07, 6.45) is 1.51. The second-order valence-corrected chi connectivity index (χ2v) is 12.4. The van der Waals surface area contributed by atoms with Gasteiger partial charge in [-0.25, -0.2) is 13.4 Å². The number of aromatic nitrogens is 1. The molecule has 12 heteroatoms. The average Bonchev–Trinajstić information content (AvgIpc) is 3.55. The number of amides is 2. The molecule has 2 N–H and O–H groups in total. The lowest BCUT2D eigenvalue weighted by Crippen LogP contribution is -2.27. The molecule has 0 radical (unpaired) electrons. The predicted octanol–water partition coefficient (Wildman–Crippen LogP) is 5.62. The highest BCUT2D eigenvalue weighted by Gasteiger charge is 2.32. The van der Waals surface area contributed by atoms with E-state index in [1.807, 2.05) is 29.2 Å². The van der Waals surface area contributed by atoms with Gasteiger partial charge in [0.1, 0.15) is 5.37 Å². The molecule has 3 aromatic carbocycles. The Kier molecular flexibility index (Phi) is 7.70. The maximum Gasteiger partial charge on any atom is 0.263 e. The molecule has 1 aliphatic heterocycles. The Bertz CT molecular complexity index is 1540. The van der Waals surface area contributed by atoms with E-state index in [1.54, 1.807) is 41.4 Å². The lowest BCUT2D eigenvalue weighted by Gasteiger charge is -2.24. The van der Waals surface area contributed by atoms with Crippen LogP contribution in [0.15, 0.2) is 89.3 Å². The molecule has 0 saturated carbocycles. The van der Waals surface area contributed by atoms with Crippen molar-refractivity contribution < 1.29 is 18.0 Å². The zero-order valence-corrected chi connectivity index (χ0v) is 22.9. The van der Waals surface area contributed by atoms with E-state index in [-0.39, 0.29) is 27.2 Å². The SMILES string of the molecule is O=C(Nc1ccc(S(=O)(=O)Nc2nccs2)cc1)c1ccc([C@@H]2SCC(=O)N2Cc2ccc(Cl)cc2)cc1. The molecule has 0 bridgehead atoms. The summed E-state index contributed by atoms with van der Waals surface area (Å²) in [5.41, 5.74) is 2.81. The van der Waals surface area contributed by atoms with Crippen LogP contribution in [0, 0.1) is 0 Å². The summed E-state index contributed by atoms with van der Waals surface area (Å²) in [5.74, 6) is 0.122. The van der Waals surface area contributed by atoms with Gasteiger partial charge >= 0.3 is 0 Å². The van der Waals surface area contributed by atoms with E-state index >= 15 is 0 Å². The number of carbonyl (C=O) groups is 2. The molecule has 194 valence electrons. The number of sulfonamides is 1. The molecule has 0 aliphatic carbocycles. The molecule has 1 aliphatic rings. The van der Waals surface area contributed by atoms with Crippen LogP contribution in [-0.4, -0.2) is 35.9 Å².